The molecule has 0 saturated carbocycles. The first-order valence-electron chi connectivity index (χ1n) is 6.37. The third-order valence-electron chi connectivity index (χ3n) is 2.77. The van der Waals surface area contributed by atoms with Gasteiger partial charge in [-0.25, -0.2) is 13.6 Å². The molecule has 0 aliphatic carbocycles. The topological polar surface area (TPSA) is 101 Å². The molecule has 0 aromatic heterocycles. The monoisotopic (exact) mass is 299 g/mol. The number of carbonyl (C=O) groups excluding carboxylic acids is 1. The number of benzene rings is 1. The molecule has 0 atom stereocenters. The number of anilines is 1. The summed E-state index contributed by atoms with van der Waals surface area (Å²) < 4.78 is 22.8. The van der Waals surface area contributed by atoms with Gasteiger partial charge in [-0.15, -0.1) is 0 Å². The molecule has 0 heterocycles. The highest BCUT2D eigenvalue weighted by Crippen LogP contribution is 2.21. The van der Waals surface area contributed by atoms with Crippen LogP contribution in [0.15, 0.2) is 23.1 Å². The molecule has 0 radical (unpaired) electrons. The number of amides is 1. The van der Waals surface area contributed by atoms with Crippen molar-refractivity contribution in [2.75, 3.05) is 11.9 Å². The number of hydrogen-bond donors (Lipinski definition) is 3. The molecule has 1 aromatic rings. The van der Waals surface area contributed by atoms with Gasteiger partial charge in [-0.05, 0) is 24.6 Å². The predicted molar refractivity (Wildman–Crippen MR) is 78.9 cm³/mol. The van der Waals surface area contributed by atoms with E-state index in [-0.39, 0.29) is 10.8 Å². The summed E-state index contributed by atoms with van der Waals surface area (Å²) in [5.74, 6) is -0.173. The lowest BCUT2D eigenvalue weighted by Crippen LogP contribution is -2.27. The Balaban J connectivity index is 2.76. The van der Waals surface area contributed by atoms with E-state index in [2.05, 4.69) is 10.6 Å². The van der Waals surface area contributed by atoms with Crippen molar-refractivity contribution in [3.05, 3.63) is 23.8 Å². The Labute approximate surface area is 119 Å². The number of nitrogens with one attached hydrogen (secondary N) is 2. The van der Waals surface area contributed by atoms with Crippen molar-refractivity contribution in [1.29, 1.82) is 0 Å². The van der Waals surface area contributed by atoms with E-state index in [9.17, 15) is 13.2 Å². The first kappa shape index (κ1) is 16.6. The minimum atomic E-state index is -3.78. The lowest BCUT2D eigenvalue weighted by Gasteiger charge is -2.12. The molecule has 0 spiro atoms. The van der Waals surface area contributed by atoms with Gasteiger partial charge >= 0.3 is 0 Å². The Morgan fingerprint density at radius 3 is 2.55 bits per heavy atom. The van der Waals surface area contributed by atoms with E-state index in [0.29, 0.717) is 30.3 Å². The fourth-order valence-corrected chi connectivity index (χ4v) is 2.55. The summed E-state index contributed by atoms with van der Waals surface area (Å²) >= 11 is 0. The third-order valence-corrected chi connectivity index (χ3v) is 3.82. The zero-order valence-electron chi connectivity index (χ0n) is 11.9. The highest BCUT2D eigenvalue weighted by atomic mass is 32.2. The number of rotatable bonds is 6. The molecule has 4 N–H and O–H groups in total. The third kappa shape index (κ3) is 4.92. The Bertz CT molecular complexity index is 583. The number of hydrogen-bond acceptors (Lipinski definition) is 4. The van der Waals surface area contributed by atoms with Crippen LogP contribution >= 0.6 is 0 Å². The van der Waals surface area contributed by atoms with Gasteiger partial charge in [0.15, 0.2) is 0 Å². The summed E-state index contributed by atoms with van der Waals surface area (Å²) in [5, 5.41) is 11.0. The molecule has 0 saturated heterocycles. The van der Waals surface area contributed by atoms with Crippen molar-refractivity contribution in [2.24, 2.45) is 5.14 Å². The first-order chi connectivity index (χ1) is 9.21. The second kappa shape index (κ2) is 6.83. The molecule has 112 valence electrons. The van der Waals surface area contributed by atoms with Crippen molar-refractivity contribution in [2.45, 2.75) is 38.1 Å². The molecule has 0 aliphatic rings. The van der Waals surface area contributed by atoms with Gasteiger partial charge in [0.25, 0.3) is 0 Å². The highest BCUT2D eigenvalue weighted by molar-refractivity contribution is 7.89. The van der Waals surface area contributed by atoms with E-state index < -0.39 is 10.0 Å². The largest absolute Gasteiger partial charge is 0.326 e. The van der Waals surface area contributed by atoms with Crippen molar-refractivity contribution >= 4 is 21.6 Å². The number of nitrogens with two attached hydrogens (primary N) is 1. The number of sulfonamides is 1. The smallest absolute Gasteiger partial charge is 0.238 e. The summed E-state index contributed by atoms with van der Waals surface area (Å²) in [6.07, 6.45) is 0.317. The second-order valence-electron chi connectivity index (χ2n) is 4.88. The van der Waals surface area contributed by atoms with Gasteiger partial charge in [0.1, 0.15) is 0 Å². The van der Waals surface area contributed by atoms with Crippen LogP contribution in [0.4, 0.5) is 5.69 Å². The summed E-state index contributed by atoms with van der Waals surface area (Å²) in [6, 6.07) is 4.93. The van der Waals surface area contributed by atoms with Crippen LogP contribution in [-0.2, 0) is 14.8 Å². The zero-order chi connectivity index (χ0) is 15.3. The minimum absolute atomic E-state index is 0.0237. The maximum Gasteiger partial charge on any atom is 0.238 e. The zero-order valence-corrected chi connectivity index (χ0v) is 12.8. The number of primary sulfonamides is 1. The maximum atomic E-state index is 11.8. The molecular formula is C13H21N3O3S. The van der Waals surface area contributed by atoms with Gasteiger partial charge in [0.05, 0.1) is 4.90 Å². The summed E-state index contributed by atoms with van der Waals surface area (Å²) in [6.45, 7) is 6.18. The SMILES string of the molecule is Cc1c(NC(=O)CCNC(C)C)cccc1S(N)(=O)=O. The van der Waals surface area contributed by atoms with Crippen LogP contribution in [0.1, 0.15) is 25.8 Å². The number of carbonyl (C=O) groups is 1. The van der Waals surface area contributed by atoms with Crippen molar-refractivity contribution in [3.63, 3.8) is 0 Å². The summed E-state index contributed by atoms with van der Waals surface area (Å²) in [4.78, 5) is 11.8. The normalized spacial score (nSPS) is 11.7. The van der Waals surface area contributed by atoms with E-state index in [1.165, 1.54) is 6.07 Å². The van der Waals surface area contributed by atoms with E-state index in [1.54, 1.807) is 19.1 Å². The molecule has 1 amide bonds. The van der Waals surface area contributed by atoms with E-state index >= 15 is 0 Å². The first-order valence-corrected chi connectivity index (χ1v) is 7.92. The molecule has 0 fully saturated rings. The molecule has 7 heteroatoms. The lowest BCUT2D eigenvalue weighted by molar-refractivity contribution is -0.116. The summed E-state index contributed by atoms with van der Waals surface area (Å²) in [5.41, 5.74) is 0.909. The fraction of sp³-hybridized carbons (Fsp3) is 0.462. The van der Waals surface area contributed by atoms with Crippen LogP contribution in [0.25, 0.3) is 0 Å². The van der Waals surface area contributed by atoms with Crippen LogP contribution in [0.2, 0.25) is 0 Å². The van der Waals surface area contributed by atoms with Gasteiger partial charge in [-0.2, -0.15) is 0 Å². The van der Waals surface area contributed by atoms with E-state index in [4.69, 9.17) is 5.14 Å². The van der Waals surface area contributed by atoms with Crippen LogP contribution in [-0.4, -0.2) is 26.9 Å². The van der Waals surface area contributed by atoms with Gasteiger partial charge in [-0.1, -0.05) is 19.9 Å². The molecule has 0 aliphatic heterocycles. The molecule has 1 aromatic carbocycles. The quantitative estimate of drug-likeness (QED) is 0.728. The Morgan fingerprint density at radius 1 is 1.35 bits per heavy atom. The molecule has 0 unspecified atom stereocenters. The van der Waals surface area contributed by atoms with Crippen molar-refractivity contribution in [1.82, 2.24) is 5.32 Å². The van der Waals surface area contributed by atoms with Crippen LogP contribution in [0.5, 0.6) is 0 Å². The predicted octanol–water partition coefficient (Wildman–Crippen LogP) is 0.969. The summed E-state index contributed by atoms with van der Waals surface area (Å²) in [7, 11) is -3.78. The molecular weight excluding hydrogens is 278 g/mol. The van der Waals surface area contributed by atoms with Crippen LogP contribution in [0.3, 0.4) is 0 Å². The van der Waals surface area contributed by atoms with Crippen LogP contribution in [0, 0.1) is 6.92 Å². The average Bonchev–Trinajstić information content (AvgIpc) is 2.29. The standard InChI is InChI=1S/C13H21N3O3S/c1-9(2)15-8-7-13(17)16-11-5-4-6-12(10(11)3)20(14,18)19/h4-6,9,15H,7-8H2,1-3H3,(H,16,17)(H2,14,18,19). The van der Waals surface area contributed by atoms with Gasteiger partial charge < -0.3 is 10.6 Å². The highest BCUT2D eigenvalue weighted by Gasteiger charge is 2.14. The lowest BCUT2D eigenvalue weighted by atomic mass is 10.2. The second-order valence-corrected chi connectivity index (χ2v) is 6.41. The minimum Gasteiger partial charge on any atom is -0.326 e. The van der Waals surface area contributed by atoms with E-state index in [1.807, 2.05) is 13.8 Å². The Hall–Kier alpha value is -1.44. The van der Waals surface area contributed by atoms with Crippen molar-refractivity contribution in [3.8, 4) is 0 Å². The molecule has 0 bridgehead atoms. The molecule has 20 heavy (non-hydrogen) atoms. The molecule has 1 rings (SSSR count). The maximum absolute atomic E-state index is 11.8. The fourth-order valence-electron chi connectivity index (χ4n) is 1.75. The van der Waals surface area contributed by atoms with Crippen molar-refractivity contribution < 1.29 is 13.2 Å². The van der Waals surface area contributed by atoms with E-state index in [0.717, 1.165) is 0 Å². The van der Waals surface area contributed by atoms with Gasteiger partial charge in [-0.3, -0.25) is 4.79 Å². The van der Waals surface area contributed by atoms with Gasteiger partial charge in [0, 0.05) is 24.7 Å². The Morgan fingerprint density at radius 2 is 2.00 bits per heavy atom. The Kier molecular flexibility index (Phi) is 5.67. The average molecular weight is 299 g/mol. The molecule has 6 nitrogen and oxygen atoms in total. The van der Waals surface area contributed by atoms with Crippen LogP contribution < -0.4 is 15.8 Å². The van der Waals surface area contributed by atoms with Gasteiger partial charge in [0.2, 0.25) is 15.9 Å².